The van der Waals surface area contributed by atoms with E-state index in [1.807, 2.05) is 0 Å². The molecule has 0 unspecified atom stereocenters. The molecule has 0 radical (unpaired) electrons. The zero-order chi connectivity index (χ0) is 9.26. The average molecular weight is 172 g/mol. The lowest BCUT2D eigenvalue weighted by atomic mass is 10.1. The summed E-state index contributed by atoms with van der Waals surface area (Å²) in [5.74, 6) is 0. The molecule has 2 rings (SSSR count). The van der Waals surface area contributed by atoms with Crippen LogP contribution in [0.2, 0.25) is 0 Å². The highest BCUT2D eigenvalue weighted by Gasteiger charge is 2.17. The van der Waals surface area contributed by atoms with E-state index in [0.29, 0.717) is 6.54 Å². The Labute approximate surface area is 78.4 Å². The smallest absolute Gasteiger partial charge is 0.105 e. The minimum Gasteiger partial charge on any atom is -0.358 e. The van der Waals surface area contributed by atoms with Gasteiger partial charge in [-0.25, -0.2) is 0 Å². The fraction of sp³-hybridized carbons (Fsp3) is 0.364. The molecule has 0 N–H and O–H groups in total. The molecule has 2 heteroatoms. The van der Waals surface area contributed by atoms with Crippen LogP contribution in [-0.2, 0) is 6.42 Å². The third kappa shape index (κ3) is 1.38. The van der Waals surface area contributed by atoms with Crippen molar-refractivity contribution in [2.45, 2.75) is 13.3 Å². The van der Waals surface area contributed by atoms with E-state index in [9.17, 15) is 0 Å². The van der Waals surface area contributed by atoms with Crippen molar-refractivity contribution in [3.05, 3.63) is 29.3 Å². The zero-order valence-electron chi connectivity index (χ0n) is 7.75. The van der Waals surface area contributed by atoms with Gasteiger partial charge in [-0.15, -0.1) is 0 Å². The van der Waals surface area contributed by atoms with Crippen LogP contribution < -0.4 is 4.90 Å². The van der Waals surface area contributed by atoms with Crippen molar-refractivity contribution in [2.75, 3.05) is 18.0 Å². The van der Waals surface area contributed by atoms with Gasteiger partial charge in [0.2, 0.25) is 0 Å². The monoisotopic (exact) mass is 172 g/mol. The highest BCUT2D eigenvalue weighted by molar-refractivity contribution is 5.59. The highest BCUT2D eigenvalue weighted by atomic mass is 15.1. The Hall–Kier alpha value is -1.49. The topological polar surface area (TPSA) is 27.0 Å². The molecule has 0 aromatic heterocycles. The second-order valence-corrected chi connectivity index (χ2v) is 3.46. The lowest BCUT2D eigenvalue weighted by Gasteiger charge is -2.14. The lowest BCUT2D eigenvalue weighted by molar-refractivity contribution is 0.908. The summed E-state index contributed by atoms with van der Waals surface area (Å²) in [6.07, 6.45) is 1.08. The van der Waals surface area contributed by atoms with Gasteiger partial charge in [-0.2, -0.15) is 5.26 Å². The predicted molar refractivity (Wildman–Crippen MR) is 52.7 cm³/mol. The summed E-state index contributed by atoms with van der Waals surface area (Å²) in [5.41, 5.74) is 3.89. The van der Waals surface area contributed by atoms with Gasteiger partial charge in [-0.3, -0.25) is 0 Å². The maximum Gasteiger partial charge on any atom is 0.105 e. The normalized spacial score (nSPS) is 14.0. The maximum atomic E-state index is 8.63. The van der Waals surface area contributed by atoms with Gasteiger partial charge in [0.15, 0.2) is 0 Å². The second kappa shape index (κ2) is 3.10. The van der Waals surface area contributed by atoms with Crippen LogP contribution in [-0.4, -0.2) is 13.1 Å². The Morgan fingerprint density at radius 2 is 2.38 bits per heavy atom. The van der Waals surface area contributed by atoms with Crippen LogP contribution in [0.3, 0.4) is 0 Å². The van der Waals surface area contributed by atoms with Crippen molar-refractivity contribution in [1.82, 2.24) is 0 Å². The average Bonchev–Trinajstić information content (AvgIpc) is 2.49. The third-order valence-corrected chi connectivity index (χ3v) is 2.49. The number of hydrogen-bond donors (Lipinski definition) is 0. The molecule has 0 amide bonds. The number of benzene rings is 1. The summed E-state index contributed by atoms with van der Waals surface area (Å²) in [6, 6.07) is 8.66. The summed E-state index contributed by atoms with van der Waals surface area (Å²) in [4.78, 5) is 2.14. The largest absolute Gasteiger partial charge is 0.358 e. The van der Waals surface area contributed by atoms with Crippen molar-refractivity contribution >= 4 is 5.69 Å². The Morgan fingerprint density at radius 3 is 3.15 bits per heavy atom. The van der Waals surface area contributed by atoms with E-state index in [4.69, 9.17) is 5.26 Å². The summed E-state index contributed by atoms with van der Waals surface area (Å²) in [5, 5.41) is 8.63. The molecular formula is C11H12N2. The number of anilines is 1. The Bertz CT molecular complexity index is 363. The molecular weight excluding hydrogens is 160 g/mol. The summed E-state index contributed by atoms with van der Waals surface area (Å²) < 4.78 is 0. The van der Waals surface area contributed by atoms with Crippen molar-refractivity contribution in [2.24, 2.45) is 0 Å². The van der Waals surface area contributed by atoms with Gasteiger partial charge >= 0.3 is 0 Å². The first kappa shape index (κ1) is 8.12. The molecule has 66 valence electrons. The number of rotatable bonds is 1. The van der Waals surface area contributed by atoms with E-state index in [1.54, 1.807) is 0 Å². The highest BCUT2D eigenvalue weighted by Crippen LogP contribution is 2.28. The quantitative estimate of drug-likeness (QED) is 0.605. The molecule has 1 aliphatic rings. The van der Waals surface area contributed by atoms with Gasteiger partial charge < -0.3 is 4.90 Å². The zero-order valence-corrected chi connectivity index (χ0v) is 7.75. The van der Waals surface area contributed by atoms with Crippen molar-refractivity contribution in [3.63, 3.8) is 0 Å². The SMILES string of the molecule is Cc1ccc2c(c1)N(CC#N)CC2. The molecule has 0 saturated heterocycles. The molecule has 0 fully saturated rings. The van der Waals surface area contributed by atoms with E-state index >= 15 is 0 Å². The van der Waals surface area contributed by atoms with Crippen LogP contribution >= 0.6 is 0 Å². The number of nitrogens with zero attached hydrogens (tertiary/aromatic N) is 2. The number of aryl methyl sites for hydroxylation is 1. The summed E-state index contributed by atoms with van der Waals surface area (Å²) >= 11 is 0. The van der Waals surface area contributed by atoms with Gasteiger partial charge in [0, 0.05) is 12.2 Å². The molecule has 0 atom stereocenters. The van der Waals surface area contributed by atoms with Crippen LogP contribution in [0.15, 0.2) is 18.2 Å². The van der Waals surface area contributed by atoms with Gasteiger partial charge in [-0.1, -0.05) is 12.1 Å². The molecule has 0 bridgehead atoms. The first-order valence-corrected chi connectivity index (χ1v) is 4.52. The molecule has 1 heterocycles. The predicted octanol–water partition coefficient (Wildman–Crippen LogP) is 1.88. The first-order valence-electron chi connectivity index (χ1n) is 4.52. The molecule has 1 aromatic carbocycles. The fourth-order valence-corrected chi connectivity index (χ4v) is 1.81. The van der Waals surface area contributed by atoms with Crippen molar-refractivity contribution in [3.8, 4) is 6.07 Å². The molecule has 2 nitrogen and oxygen atoms in total. The van der Waals surface area contributed by atoms with Crippen LogP contribution in [0.5, 0.6) is 0 Å². The van der Waals surface area contributed by atoms with E-state index in [0.717, 1.165) is 13.0 Å². The Balaban J connectivity index is 2.36. The number of nitriles is 1. The Kier molecular flexibility index (Phi) is 1.94. The van der Waals surface area contributed by atoms with Crippen LogP contribution in [0.4, 0.5) is 5.69 Å². The van der Waals surface area contributed by atoms with E-state index < -0.39 is 0 Å². The Morgan fingerprint density at radius 1 is 1.54 bits per heavy atom. The first-order chi connectivity index (χ1) is 6.31. The van der Waals surface area contributed by atoms with Gasteiger partial charge in [0.1, 0.15) is 6.54 Å². The van der Waals surface area contributed by atoms with Crippen LogP contribution in [0.25, 0.3) is 0 Å². The molecule has 0 spiro atoms. The molecule has 13 heavy (non-hydrogen) atoms. The lowest BCUT2D eigenvalue weighted by Crippen LogP contribution is -2.20. The number of hydrogen-bond acceptors (Lipinski definition) is 2. The van der Waals surface area contributed by atoms with Crippen molar-refractivity contribution in [1.29, 1.82) is 5.26 Å². The molecule has 0 aliphatic carbocycles. The minimum atomic E-state index is 0.510. The van der Waals surface area contributed by atoms with Crippen molar-refractivity contribution < 1.29 is 0 Å². The third-order valence-electron chi connectivity index (χ3n) is 2.49. The molecule has 1 aliphatic heterocycles. The van der Waals surface area contributed by atoms with E-state index in [2.05, 4.69) is 36.1 Å². The van der Waals surface area contributed by atoms with E-state index in [-0.39, 0.29) is 0 Å². The van der Waals surface area contributed by atoms with Crippen LogP contribution in [0, 0.1) is 18.3 Å². The van der Waals surface area contributed by atoms with Gasteiger partial charge in [0.05, 0.1) is 6.07 Å². The second-order valence-electron chi connectivity index (χ2n) is 3.46. The molecule has 0 saturated carbocycles. The van der Waals surface area contributed by atoms with E-state index in [1.165, 1.54) is 16.8 Å². The summed E-state index contributed by atoms with van der Waals surface area (Å²) in [7, 11) is 0. The summed E-state index contributed by atoms with van der Waals surface area (Å²) in [6.45, 7) is 3.59. The molecule has 1 aromatic rings. The fourth-order valence-electron chi connectivity index (χ4n) is 1.81. The van der Waals surface area contributed by atoms with Gasteiger partial charge in [0.25, 0.3) is 0 Å². The number of fused-ring (bicyclic) bond motifs is 1. The maximum absolute atomic E-state index is 8.63. The van der Waals surface area contributed by atoms with Gasteiger partial charge in [-0.05, 0) is 30.5 Å². The minimum absolute atomic E-state index is 0.510. The standard InChI is InChI=1S/C11H12N2/c1-9-2-3-10-4-6-13(7-5-12)11(10)8-9/h2-3,8H,4,6-7H2,1H3. The van der Waals surface area contributed by atoms with Crippen LogP contribution in [0.1, 0.15) is 11.1 Å².